The van der Waals surface area contributed by atoms with Gasteiger partial charge in [-0.2, -0.15) is 0 Å². The smallest absolute Gasteiger partial charge is 0.0366 e. The summed E-state index contributed by atoms with van der Waals surface area (Å²) in [4.78, 5) is 2.47. The van der Waals surface area contributed by atoms with E-state index in [9.17, 15) is 0 Å². The van der Waals surface area contributed by atoms with Gasteiger partial charge in [-0.15, -0.1) is 0 Å². The Kier molecular flexibility index (Phi) is 3.20. The number of anilines is 1. The molecule has 2 heteroatoms. The van der Waals surface area contributed by atoms with Gasteiger partial charge in [-0.25, -0.2) is 0 Å². The van der Waals surface area contributed by atoms with Crippen LogP contribution in [0.2, 0.25) is 0 Å². The van der Waals surface area contributed by atoms with E-state index in [1.165, 1.54) is 24.3 Å². The summed E-state index contributed by atoms with van der Waals surface area (Å²) in [5.74, 6) is 1.60. The first-order valence-corrected chi connectivity index (χ1v) is 6.18. The van der Waals surface area contributed by atoms with Crippen LogP contribution in [0, 0.1) is 11.8 Å². The van der Waals surface area contributed by atoms with Crippen LogP contribution in [0.15, 0.2) is 24.3 Å². The van der Waals surface area contributed by atoms with E-state index < -0.39 is 0 Å². The molecule has 2 unspecified atom stereocenters. The molecular weight excluding hydrogens is 196 g/mol. The van der Waals surface area contributed by atoms with Crippen molar-refractivity contribution in [1.29, 1.82) is 0 Å². The van der Waals surface area contributed by atoms with Gasteiger partial charge < -0.3 is 10.6 Å². The predicted octanol–water partition coefficient (Wildman–Crippen LogP) is 2.80. The van der Waals surface area contributed by atoms with E-state index in [1.807, 2.05) is 6.92 Å². The first-order valence-electron chi connectivity index (χ1n) is 6.18. The maximum absolute atomic E-state index is 5.85. The largest absolute Gasteiger partial charge is 0.371 e. The first-order chi connectivity index (χ1) is 7.58. The molecule has 0 amide bonds. The highest BCUT2D eigenvalue weighted by Gasteiger charge is 2.25. The average molecular weight is 218 g/mol. The summed E-state index contributed by atoms with van der Waals surface area (Å²) in [6, 6.07) is 8.82. The van der Waals surface area contributed by atoms with Crippen molar-refractivity contribution < 1.29 is 0 Å². The minimum Gasteiger partial charge on any atom is -0.371 e. The normalized spacial score (nSPS) is 27.1. The van der Waals surface area contributed by atoms with Crippen LogP contribution in [0.3, 0.4) is 0 Å². The van der Waals surface area contributed by atoms with Crippen LogP contribution < -0.4 is 10.6 Å². The summed E-state index contributed by atoms with van der Waals surface area (Å²) in [7, 11) is 0. The van der Waals surface area contributed by atoms with Crippen molar-refractivity contribution in [3.05, 3.63) is 29.8 Å². The summed E-state index contributed by atoms with van der Waals surface area (Å²) in [6.07, 6.45) is 0. The van der Waals surface area contributed by atoms with E-state index in [1.54, 1.807) is 0 Å². The summed E-state index contributed by atoms with van der Waals surface area (Å²) in [6.45, 7) is 9.05. The number of benzene rings is 1. The van der Waals surface area contributed by atoms with Gasteiger partial charge in [-0.1, -0.05) is 26.0 Å². The number of nitrogens with zero attached hydrogens (tertiary/aromatic N) is 1. The monoisotopic (exact) mass is 218 g/mol. The maximum Gasteiger partial charge on any atom is 0.0366 e. The Labute approximate surface area is 98.4 Å². The Balaban J connectivity index is 2.11. The molecule has 1 fully saturated rings. The van der Waals surface area contributed by atoms with E-state index in [0.29, 0.717) is 0 Å². The molecule has 0 aromatic heterocycles. The molecular formula is C14H22N2. The molecule has 0 aliphatic carbocycles. The van der Waals surface area contributed by atoms with Gasteiger partial charge in [-0.3, -0.25) is 0 Å². The standard InChI is InChI=1S/C14H22N2/c1-10-8-16(9-11(10)2)14-6-4-13(5-7-14)12(3)15/h4-7,10-12H,8-9,15H2,1-3H3/t10?,11?,12-/m1/s1. The second kappa shape index (κ2) is 4.46. The van der Waals surface area contributed by atoms with Gasteiger partial charge in [0.25, 0.3) is 0 Å². The van der Waals surface area contributed by atoms with Crippen molar-refractivity contribution in [3.8, 4) is 0 Å². The zero-order valence-electron chi connectivity index (χ0n) is 10.5. The molecule has 0 radical (unpaired) electrons. The van der Waals surface area contributed by atoms with Crippen molar-refractivity contribution in [2.45, 2.75) is 26.8 Å². The molecule has 1 aliphatic heterocycles. The average Bonchev–Trinajstić information content (AvgIpc) is 2.59. The van der Waals surface area contributed by atoms with Crippen molar-refractivity contribution in [1.82, 2.24) is 0 Å². The van der Waals surface area contributed by atoms with Crippen LogP contribution >= 0.6 is 0 Å². The van der Waals surface area contributed by atoms with Crippen LogP contribution in [0.25, 0.3) is 0 Å². The summed E-state index contributed by atoms with van der Waals surface area (Å²) in [5.41, 5.74) is 8.39. The Morgan fingerprint density at radius 2 is 1.62 bits per heavy atom. The fourth-order valence-electron chi connectivity index (χ4n) is 2.33. The second-order valence-corrected chi connectivity index (χ2v) is 5.24. The minimum absolute atomic E-state index is 0.130. The molecule has 1 aromatic rings. The van der Waals surface area contributed by atoms with Gasteiger partial charge in [0.1, 0.15) is 0 Å². The molecule has 0 bridgehead atoms. The van der Waals surface area contributed by atoms with E-state index in [2.05, 4.69) is 43.0 Å². The molecule has 1 aliphatic rings. The Morgan fingerprint density at radius 3 is 2.06 bits per heavy atom. The molecule has 88 valence electrons. The lowest BCUT2D eigenvalue weighted by molar-refractivity contribution is 0.494. The van der Waals surface area contributed by atoms with E-state index in [4.69, 9.17) is 5.73 Å². The van der Waals surface area contributed by atoms with Gasteiger partial charge in [0, 0.05) is 24.8 Å². The summed E-state index contributed by atoms with van der Waals surface area (Å²) in [5, 5.41) is 0. The van der Waals surface area contributed by atoms with Crippen molar-refractivity contribution in [3.63, 3.8) is 0 Å². The van der Waals surface area contributed by atoms with Gasteiger partial charge >= 0.3 is 0 Å². The van der Waals surface area contributed by atoms with Crippen LogP contribution in [0.5, 0.6) is 0 Å². The summed E-state index contributed by atoms with van der Waals surface area (Å²) < 4.78 is 0. The van der Waals surface area contributed by atoms with Crippen LogP contribution in [-0.4, -0.2) is 13.1 Å². The highest BCUT2D eigenvalue weighted by molar-refractivity contribution is 5.49. The van der Waals surface area contributed by atoms with Crippen molar-refractivity contribution >= 4 is 5.69 Å². The number of hydrogen-bond donors (Lipinski definition) is 1. The fraction of sp³-hybridized carbons (Fsp3) is 0.571. The first kappa shape index (κ1) is 11.5. The van der Waals surface area contributed by atoms with E-state index >= 15 is 0 Å². The second-order valence-electron chi connectivity index (χ2n) is 5.24. The lowest BCUT2D eigenvalue weighted by Crippen LogP contribution is -2.19. The zero-order chi connectivity index (χ0) is 11.7. The van der Waals surface area contributed by atoms with Gasteiger partial charge in [0.15, 0.2) is 0 Å². The summed E-state index contributed by atoms with van der Waals surface area (Å²) >= 11 is 0. The van der Waals surface area contributed by atoms with Gasteiger partial charge in [0.2, 0.25) is 0 Å². The molecule has 2 N–H and O–H groups in total. The van der Waals surface area contributed by atoms with E-state index in [0.717, 1.165) is 11.8 Å². The van der Waals surface area contributed by atoms with Crippen LogP contribution in [0.1, 0.15) is 32.4 Å². The molecule has 1 aromatic carbocycles. The highest BCUT2D eigenvalue weighted by Crippen LogP contribution is 2.28. The number of nitrogens with two attached hydrogens (primary N) is 1. The molecule has 1 saturated heterocycles. The Hall–Kier alpha value is -1.02. The van der Waals surface area contributed by atoms with Gasteiger partial charge in [0.05, 0.1) is 0 Å². The lowest BCUT2D eigenvalue weighted by Gasteiger charge is -2.19. The third-order valence-corrected chi connectivity index (χ3v) is 3.77. The quantitative estimate of drug-likeness (QED) is 0.827. The fourth-order valence-corrected chi connectivity index (χ4v) is 2.33. The molecule has 3 atom stereocenters. The Morgan fingerprint density at radius 1 is 1.12 bits per heavy atom. The molecule has 0 spiro atoms. The Bertz CT molecular complexity index is 332. The molecule has 16 heavy (non-hydrogen) atoms. The number of hydrogen-bond acceptors (Lipinski definition) is 2. The highest BCUT2D eigenvalue weighted by atomic mass is 15.2. The van der Waals surface area contributed by atoms with Crippen molar-refractivity contribution in [2.24, 2.45) is 17.6 Å². The number of rotatable bonds is 2. The molecule has 2 nitrogen and oxygen atoms in total. The van der Waals surface area contributed by atoms with Gasteiger partial charge in [-0.05, 0) is 36.5 Å². The predicted molar refractivity (Wildman–Crippen MR) is 69.6 cm³/mol. The minimum atomic E-state index is 0.130. The molecule has 2 rings (SSSR count). The topological polar surface area (TPSA) is 29.3 Å². The molecule has 1 heterocycles. The lowest BCUT2D eigenvalue weighted by atomic mass is 10.0. The molecule has 0 saturated carbocycles. The van der Waals surface area contributed by atoms with Crippen LogP contribution in [0.4, 0.5) is 5.69 Å². The SMILES string of the molecule is CC1CN(c2ccc([C@@H](C)N)cc2)CC1C. The third kappa shape index (κ3) is 2.22. The van der Waals surface area contributed by atoms with Crippen LogP contribution in [-0.2, 0) is 0 Å². The third-order valence-electron chi connectivity index (χ3n) is 3.77. The maximum atomic E-state index is 5.85. The van der Waals surface area contributed by atoms with E-state index in [-0.39, 0.29) is 6.04 Å². The zero-order valence-corrected chi connectivity index (χ0v) is 10.5. The van der Waals surface area contributed by atoms with Crippen molar-refractivity contribution in [2.75, 3.05) is 18.0 Å².